The third-order valence-corrected chi connectivity index (χ3v) is 12.6. The first-order valence-corrected chi connectivity index (χ1v) is 24.7. The van der Waals surface area contributed by atoms with Crippen molar-refractivity contribution < 1.29 is 46.7 Å². The van der Waals surface area contributed by atoms with Gasteiger partial charge in [-0.3, -0.25) is 18.7 Å². The van der Waals surface area contributed by atoms with E-state index in [1.54, 1.807) is 112 Å². The largest absolute Gasteiger partial charge is 0.462 e. The number of hydrogen-bond acceptors (Lipinski definition) is 18. The minimum Gasteiger partial charge on any atom is -0.462 e. The van der Waals surface area contributed by atoms with Crippen LogP contribution in [0.5, 0.6) is 11.5 Å². The number of imidazole rings is 2. The van der Waals surface area contributed by atoms with E-state index in [9.17, 15) is 18.7 Å². The minimum absolute atomic E-state index is 0.272. The molecular formula is C42H58N12O10P2. The van der Waals surface area contributed by atoms with Gasteiger partial charge in [-0.15, -0.1) is 0 Å². The lowest BCUT2D eigenvalue weighted by Gasteiger charge is -2.25. The number of nitrogens with one attached hydrogen (secondary N) is 2. The normalized spacial score (nSPS) is 15.2. The third kappa shape index (κ3) is 15.0. The van der Waals surface area contributed by atoms with Crippen LogP contribution in [-0.4, -0.2) is 100 Å². The Hall–Kier alpha value is -6.02. The van der Waals surface area contributed by atoms with Crippen molar-refractivity contribution in [2.75, 3.05) is 24.2 Å². The highest BCUT2D eigenvalue weighted by Gasteiger charge is 2.33. The van der Waals surface area contributed by atoms with Crippen LogP contribution in [0.25, 0.3) is 22.3 Å². The molecule has 0 aliphatic rings. The Balaban J connectivity index is 0.000000247. The highest BCUT2D eigenvalue weighted by molar-refractivity contribution is 7.57. The summed E-state index contributed by atoms with van der Waals surface area (Å²) >= 11 is 0. The number of aromatic nitrogens is 8. The second kappa shape index (κ2) is 23.4. The molecule has 0 amide bonds. The van der Waals surface area contributed by atoms with E-state index in [0.29, 0.717) is 58.6 Å². The summed E-state index contributed by atoms with van der Waals surface area (Å²) in [7, 11) is -7.28. The van der Waals surface area contributed by atoms with Crippen molar-refractivity contribution in [2.24, 2.45) is 0 Å². The first-order chi connectivity index (χ1) is 31.3. The van der Waals surface area contributed by atoms with E-state index in [2.05, 4.69) is 40.1 Å². The number of nitrogens with zero attached hydrogens (tertiary/aromatic N) is 8. The molecule has 0 fully saturated rings. The number of anilines is 2. The summed E-state index contributed by atoms with van der Waals surface area (Å²) in [4.78, 5) is 49.2. The molecule has 2 aromatic carbocycles. The van der Waals surface area contributed by atoms with E-state index in [1.807, 2.05) is 26.0 Å². The van der Waals surface area contributed by atoms with Crippen molar-refractivity contribution >= 4 is 60.9 Å². The molecule has 6 atom stereocenters. The maximum Gasteiger partial charge on any atom is 0.342 e. The molecule has 1 unspecified atom stereocenters. The molecule has 6 aromatic rings. The number of rotatable bonds is 22. The molecule has 0 radical (unpaired) electrons. The molecular weight excluding hydrogens is 894 g/mol. The van der Waals surface area contributed by atoms with Gasteiger partial charge in [0.25, 0.3) is 0 Å². The summed E-state index contributed by atoms with van der Waals surface area (Å²) < 4.78 is 64.4. The van der Waals surface area contributed by atoms with E-state index in [4.69, 9.17) is 39.5 Å². The lowest BCUT2D eigenvalue weighted by atomic mass is 10.3. The average Bonchev–Trinajstić information content (AvgIpc) is 3.88. The van der Waals surface area contributed by atoms with Crippen molar-refractivity contribution in [1.29, 1.82) is 0 Å². The average molecular weight is 953 g/mol. The highest BCUT2D eigenvalue weighted by atomic mass is 31.2. The van der Waals surface area contributed by atoms with E-state index in [1.165, 1.54) is 12.7 Å². The van der Waals surface area contributed by atoms with Gasteiger partial charge in [-0.05, 0) is 79.7 Å². The highest BCUT2D eigenvalue weighted by Crippen LogP contribution is 2.45. The monoisotopic (exact) mass is 952 g/mol. The van der Waals surface area contributed by atoms with Crippen LogP contribution in [0.2, 0.25) is 0 Å². The Morgan fingerprint density at radius 1 is 0.576 bits per heavy atom. The van der Waals surface area contributed by atoms with E-state index in [-0.39, 0.29) is 37.1 Å². The number of hydrogen-bond donors (Lipinski definition) is 4. The van der Waals surface area contributed by atoms with Gasteiger partial charge in [0, 0.05) is 0 Å². The Labute approximate surface area is 382 Å². The van der Waals surface area contributed by atoms with Gasteiger partial charge in [0.15, 0.2) is 22.9 Å². The molecule has 0 spiro atoms. The van der Waals surface area contributed by atoms with E-state index < -0.39 is 39.1 Å². The summed E-state index contributed by atoms with van der Waals surface area (Å²) in [6.07, 6.45) is 4.02. The van der Waals surface area contributed by atoms with Gasteiger partial charge in [0.2, 0.25) is 0 Å². The predicted molar refractivity (Wildman–Crippen MR) is 247 cm³/mol. The number of para-hydroxylation sites is 2. The lowest BCUT2D eigenvalue weighted by molar-refractivity contribution is -0.149. The first kappa shape index (κ1) is 51.0. The third-order valence-electron chi connectivity index (χ3n) is 9.01. The Morgan fingerprint density at radius 2 is 0.939 bits per heavy atom. The van der Waals surface area contributed by atoms with E-state index >= 15 is 0 Å². The van der Waals surface area contributed by atoms with Crippen molar-refractivity contribution in [3.8, 4) is 11.5 Å². The number of nitrogens with two attached hydrogens (primary N) is 2. The quantitative estimate of drug-likeness (QED) is 0.0452. The molecule has 22 nitrogen and oxygen atoms in total. The topological polar surface area (TPSA) is 287 Å². The Kier molecular flexibility index (Phi) is 18.1. The summed E-state index contributed by atoms with van der Waals surface area (Å²) in [5.41, 5.74) is 13.8. The molecule has 0 bridgehead atoms. The number of benzene rings is 2. The molecule has 0 aliphatic carbocycles. The van der Waals surface area contributed by atoms with E-state index in [0.717, 1.165) is 0 Å². The van der Waals surface area contributed by atoms with Gasteiger partial charge < -0.3 is 48.6 Å². The zero-order valence-electron chi connectivity index (χ0n) is 38.1. The fourth-order valence-electron chi connectivity index (χ4n) is 6.02. The predicted octanol–water partition coefficient (Wildman–Crippen LogP) is 5.95. The van der Waals surface area contributed by atoms with Gasteiger partial charge in [0.1, 0.15) is 60.0 Å². The summed E-state index contributed by atoms with van der Waals surface area (Å²) in [5.74, 6) is 0.303. The smallest absolute Gasteiger partial charge is 0.342 e. The van der Waals surface area contributed by atoms with Crippen LogP contribution in [0.4, 0.5) is 11.6 Å². The van der Waals surface area contributed by atoms with Crippen molar-refractivity contribution in [1.82, 2.24) is 49.2 Å². The zero-order chi connectivity index (χ0) is 48.0. The maximum absolute atomic E-state index is 13.6. The van der Waals surface area contributed by atoms with Gasteiger partial charge in [-0.2, -0.15) is 0 Å². The van der Waals surface area contributed by atoms with Crippen LogP contribution in [0.1, 0.15) is 55.4 Å². The van der Waals surface area contributed by atoms with Crippen LogP contribution in [0, 0.1) is 0 Å². The van der Waals surface area contributed by atoms with Crippen LogP contribution in [0.15, 0.2) is 86.0 Å². The summed E-state index contributed by atoms with van der Waals surface area (Å²) in [6, 6.07) is 15.7. The van der Waals surface area contributed by atoms with Crippen LogP contribution < -0.4 is 30.7 Å². The van der Waals surface area contributed by atoms with Crippen LogP contribution in [-0.2, 0) is 50.8 Å². The maximum atomic E-state index is 13.6. The van der Waals surface area contributed by atoms with Gasteiger partial charge in [-0.1, -0.05) is 36.4 Å². The number of carbonyl (C=O) groups excluding carboxylic acids is 2. The van der Waals surface area contributed by atoms with Crippen LogP contribution in [0.3, 0.4) is 0 Å². The van der Waals surface area contributed by atoms with Gasteiger partial charge in [-0.25, -0.2) is 40.1 Å². The molecule has 66 heavy (non-hydrogen) atoms. The van der Waals surface area contributed by atoms with Gasteiger partial charge >= 0.3 is 27.0 Å². The molecule has 6 rings (SSSR count). The number of carbonyl (C=O) groups is 2. The summed E-state index contributed by atoms with van der Waals surface area (Å²) in [5, 5.41) is 5.55. The molecule has 356 valence electrons. The molecule has 6 N–H and O–H groups in total. The van der Waals surface area contributed by atoms with Crippen molar-refractivity contribution in [3.05, 3.63) is 86.0 Å². The minimum atomic E-state index is -3.64. The Morgan fingerprint density at radius 3 is 1.29 bits per heavy atom. The van der Waals surface area contributed by atoms with Crippen LogP contribution >= 0.6 is 15.0 Å². The number of nitrogen functional groups attached to an aromatic ring is 2. The Bertz CT molecular complexity index is 2420. The molecule has 24 heteroatoms. The fraction of sp³-hybridized carbons (Fsp3) is 0.429. The SMILES string of the molecule is CC(C)OC(=O)[C@H](C)NP(=O)(CO[C@H](C)Cn1cnc2c(N)ncnc21)Oc1ccccc1.CC(C)OC(=O)[C@H](C)N[P@](=O)(CO[C@H](C)Cn1cnc2c(N)ncnc21)Oc1ccccc1. The molecule has 0 saturated heterocycles. The molecule has 4 aromatic heterocycles. The fourth-order valence-corrected chi connectivity index (χ4v) is 9.60. The second-order valence-electron chi connectivity index (χ2n) is 15.7. The standard InChI is InChI=1S/2C21H29N6O5P/c2*1-14(2)31-21(28)16(4)26-33(29,32-17-8-6-5-7-9-17)13-30-15(3)10-27-12-25-18-19(22)23-11-24-20(18)27/h2*5-9,11-12,14-16H,10,13H2,1-4H3,(H,26,29)(H2,22,23,24)/t15-,16+,33?;15-,16+,33+/m11/s1. The molecule has 4 heterocycles. The number of ether oxygens (including phenoxy) is 4. The molecule has 0 saturated carbocycles. The van der Waals surface area contributed by atoms with Gasteiger partial charge in [0.05, 0.1) is 50.2 Å². The number of esters is 2. The lowest BCUT2D eigenvalue weighted by Crippen LogP contribution is -2.37. The van der Waals surface area contributed by atoms with Crippen molar-refractivity contribution in [3.63, 3.8) is 0 Å². The second-order valence-corrected chi connectivity index (χ2v) is 19.8. The first-order valence-electron chi connectivity index (χ1n) is 21.0. The zero-order valence-corrected chi connectivity index (χ0v) is 39.9. The molecule has 0 aliphatic heterocycles. The summed E-state index contributed by atoms with van der Waals surface area (Å²) in [6.45, 7) is 14.5. The number of fused-ring (bicyclic) bond motifs is 2. The van der Waals surface area contributed by atoms with Crippen molar-refractivity contribution in [2.45, 2.75) is 105 Å².